The second-order valence-electron chi connectivity index (χ2n) is 9.64. The van der Waals surface area contributed by atoms with E-state index in [2.05, 4.69) is 16.7 Å². The first kappa shape index (κ1) is 21.5. The Morgan fingerprint density at radius 1 is 1.03 bits per heavy atom. The minimum atomic E-state index is -0.223. The summed E-state index contributed by atoms with van der Waals surface area (Å²) >= 11 is 0. The maximum atomic E-state index is 11.9. The first-order valence-corrected chi connectivity index (χ1v) is 11.6. The van der Waals surface area contributed by atoms with Gasteiger partial charge in [0.15, 0.2) is 0 Å². The van der Waals surface area contributed by atoms with E-state index in [0.717, 1.165) is 55.1 Å². The molecule has 0 aromatic heterocycles. The molecule has 1 aromatic rings. The van der Waals surface area contributed by atoms with Crippen LogP contribution in [-0.2, 0) is 25.6 Å². The number of ether oxygens (including phenoxy) is 3. The summed E-state index contributed by atoms with van der Waals surface area (Å²) < 4.78 is 16.2. The number of carbonyl (C=O) groups is 2. The monoisotopic (exact) mass is 440 g/mol. The highest BCUT2D eigenvalue weighted by Gasteiger charge is 2.39. The molecular formula is C25H32N2O5. The van der Waals surface area contributed by atoms with Crippen molar-refractivity contribution in [1.82, 2.24) is 9.80 Å². The molecule has 4 aliphatic rings. The lowest BCUT2D eigenvalue weighted by molar-refractivity contribution is -0.135. The first-order valence-electron chi connectivity index (χ1n) is 11.6. The average molecular weight is 441 g/mol. The van der Waals surface area contributed by atoms with Crippen molar-refractivity contribution >= 4 is 11.9 Å². The van der Waals surface area contributed by atoms with E-state index in [0.29, 0.717) is 24.2 Å². The molecule has 0 amide bonds. The zero-order valence-corrected chi connectivity index (χ0v) is 19.0. The molecule has 0 N–H and O–H groups in total. The molecule has 1 spiro atoms. The summed E-state index contributed by atoms with van der Waals surface area (Å²) in [5.74, 6) is -0.432. The van der Waals surface area contributed by atoms with Crippen LogP contribution in [-0.4, -0.2) is 68.2 Å². The number of methoxy groups -OCH3 is 1. The Hall–Kier alpha value is -2.38. The van der Waals surface area contributed by atoms with Gasteiger partial charge in [0.25, 0.3) is 0 Å². The number of fused-ring (bicyclic) bond motifs is 1. The summed E-state index contributed by atoms with van der Waals surface area (Å²) in [5, 5.41) is 0. The molecule has 0 unspecified atom stereocenters. The molecule has 0 saturated carbocycles. The molecule has 32 heavy (non-hydrogen) atoms. The highest BCUT2D eigenvalue weighted by atomic mass is 16.5. The van der Waals surface area contributed by atoms with E-state index in [1.165, 1.54) is 25.7 Å². The molecule has 1 atom stereocenters. The summed E-state index contributed by atoms with van der Waals surface area (Å²) in [6.45, 7) is 7.91. The molecule has 7 heteroatoms. The standard InChI is InChI=1S/C25H32N2O5/c1-17-19(3-4-20-21(17)16-32-24(20)29)22(30-2)14-26-9-5-25(6-10-26)7-11-27(12-8-25)18-13-23(28)31-15-18/h3-4,13,22H,5-12,14-16H2,1-2H3/t22-/m0/s1. The summed E-state index contributed by atoms with van der Waals surface area (Å²) in [6.07, 6.45) is 6.40. The van der Waals surface area contributed by atoms with Gasteiger partial charge in [0.1, 0.15) is 13.2 Å². The van der Waals surface area contributed by atoms with E-state index in [1.807, 2.05) is 12.1 Å². The first-order chi connectivity index (χ1) is 15.5. The molecule has 7 nitrogen and oxygen atoms in total. The number of esters is 2. The number of benzene rings is 1. The van der Waals surface area contributed by atoms with Crippen molar-refractivity contribution in [2.45, 2.75) is 45.3 Å². The Kier molecular flexibility index (Phi) is 5.72. The number of nitrogens with zero attached hydrogens (tertiary/aromatic N) is 2. The van der Waals surface area contributed by atoms with Gasteiger partial charge in [-0.1, -0.05) is 6.07 Å². The molecule has 172 valence electrons. The molecule has 4 aliphatic heterocycles. The van der Waals surface area contributed by atoms with Crippen LogP contribution in [0.1, 0.15) is 58.8 Å². The van der Waals surface area contributed by atoms with Crippen LogP contribution in [0, 0.1) is 12.3 Å². The second kappa shape index (κ2) is 8.52. The van der Waals surface area contributed by atoms with Crippen molar-refractivity contribution in [1.29, 1.82) is 0 Å². The zero-order valence-electron chi connectivity index (χ0n) is 19.0. The van der Waals surface area contributed by atoms with Crippen molar-refractivity contribution in [2.75, 3.05) is 46.4 Å². The minimum absolute atomic E-state index is 0.0151. The lowest BCUT2D eigenvalue weighted by Crippen LogP contribution is -2.47. The van der Waals surface area contributed by atoms with Crippen LogP contribution in [0.3, 0.4) is 0 Å². The number of carbonyl (C=O) groups excluding carboxylic acids is 2. The number of likely N-dealkylation sites (tertiary alicyclic amines) is 2. The molecule has 1 aromatic carbocycles. The highest BCUT2D eigenvalue weighted by molar-refractivity contribution is 5.94. The van der Waals surface area contributed by atoms with Crippen LogP contribution >= 0.6 is 0 Å². The Labute approximate surface area is 189 Å². The summed E-state index contributed by atoms with van der Waals surface area (Å²) in [5.41, 5.74) is 5.42. The van der Waals surface area contributed by atoms with Crippen LogP contribution in [0.15, 0.2) is 23.9 Å². The van der Waals surface area contributed by atoms with E-state index >= 15 is 0 Å². The fourth-order valence-corrected chi connectivity index (χ4v) is 5.78. The number of hydrogen-bond donors (Lipinski definition) is 0. The lowest BCUT2D eigenvalue weighted by atomic mass is 9.71. The van der Waals surface area contributed by atoms with E-state index in [9.17, 15) is 9.59 Å². The predicted molar refractivity (Wildman–Crippen MR) is 118 cm³/mol. The predicted octanol–water partition coefficient (Wildman–Crippen LogP) is 2.97. The highest BCUT2D eigenvalue weighted by Crippen LogP contribution is 2.42. The van der Waals surface area contributed by atoms with E-state index in [-0.39, 0.29) is 18.0 Å². The smallest absolute Gasteiger partial charge is 0.338 e. The van der Waals surface area contributed by atoms with E-state index in [1.54, 1.807) is 13.2 Å². The normalized spacial score (nSPS) is 23.7. The molecule has 4 heterocycles. The van der Waals surface area contributed by atoms with Gasteiger partial charge in [-0.2, -0.15) is 0 Å². The van der Waals surface area contributed by atoms with Crippen LogP contribution in [0.4, 0.5) is 0 Å². The van der Waals surface area contributed by atoms with Crippen LogP contribution < -0.4 is 0 Å². The Morgan fingerprint density at radius 2 is 1.75 bits per heavy atom. The van der Waals surface area contributed by atoms with Gasteiger partial charge in [0.2, 0.25) is 0 Å². The Morgan fingerprint density at radius 3 is 2.41 bits per heavy atom. The number of cyclic esters (lactones) is 2. The van der Waals surface area contributed by atoms with Crippen molar-refractivity contribution < 1.29 is 23.8 Å². The summed E-state index contributed by atoms with van der Waals surface area (Å²) in [7, 11) is 1.77. The Balaban J connectivity index is 1.18. The van der Waals surface area contributed by atoms with Crippen molar-refractivity contribution in [3.05, 3.63) is 46.2 Å². The number of hydrogen-bond acceptors (Lipinski definition) is 7. The van der Waals surface area contributed by atoms with Gasteiger partial charge in [-0.25, -0.2) is 9.59 Å². The average Bonchev–Trinajstić information content (AvgIpc) is 3.41. The molecule has 2 saturated heterocycles. The fourth-order valence-electron chi connectivity index (χ4n) is 5.78. The third kappa shape index (κ3) is 3.92. The van der Waals surface area contributed by atoms with Gasteiger partial charge in [-0.05, 0) is 68.3 Å². The van der Waals surface area contributed by atoms with Crippen LogP contribution in [0.2, 0.25) is 0 Å². The zero-order chi connectivity index (χ0) is 22.3. The minimum Gasteiger partial charge on any atom is -0.457 e. The molecule has 0 aliphatic carbocycles. The van der Waals surface area contributed by atoms with Crippen LogP contribution in [0.25, 0.3) is 0 Å². The molecule has 5 rings (SSSR count). The second-order valence-corrected chi connectivity index (χ2v) is 9.64. The molecular weight excluding hydrogens is 408 g/mol. The maximum absolute atomic E-state index is 11.9. The molecule has 2 fully saturated rings. The number of rotatable bonds is 5. The van der Waals surface area contributed by atoms with Gasteiger partial charge in [0.05, 0.1) is 17.4 Å². The van der Waals surface area contributed by atoms with Crippen molar-refractivity contribution in [3.63, 3.8) is 0 Å². The molecule has 0 radical (unpaired) electrons. The Bertz CT molecular complexity index is 938. The van der Waals surface area contributed by atoms with Gasteiger partial charge in [0, 0.05) is 38.4 Å². The van der Waals surface area contributed by atoms with Gasteiger partial charge in [-0.15, -0.1) is 0 Å². The SMILES string of the molecule is CO[C@@H](CN1CCC2(CC1)CCN(C1=CC(=O)OC1)CC2)c1ccc2c(c1C)COC2=O. The largest absolute Gasteiger partial charge is 0.457 e. The fraction of sp³-hybridized carbons (Fsp3) is 0.600. The topological polar surface area (TPSA) is 68.3 Å². The summed E-state index contributed by atoms with van der Waals surface area (Å²) in [4.78, 5) is 28.1. The van der Waals surface area contributed by atoms with E-state index < -0.39 is 0 Å². The number of piperidine rings is 2. The van der Waals surface area contributed by atoms with Gasteiger partial charge < -0.3 is 24.0 Å². The summed E-state index contributed by atoms with van der Waals surface area (Å²) in [6, 6.07) is 3.92. The van der Waals surface area contributed by atoms with Crippen molar-refractivity contribution in [3.8, 4) is 0 Å². The quantitative estimate of drug-likeness (QED) is 0.652. The van der Waals surface area contributed by atoms with Crippen LogP contribution in [0.5, 0.6) is 0 Å². The van der Waals surface area contributed by atoms with Gasteiger partial charge in [-0.3, -0.25) is 0 Å². The molecule has 0 bridgehead atoms. The van der Waals surface area contributed by atoms with Crippen molar-refractivity contribution in [2.24, 2.45) is 5.41 Å². The lowest BCUT2D eigenvalue weighted by Gasteiger charge is -2.48. The maximum Gasteiger partial charge on any atom is 0.338 e. The van der Waals surface area contributed by atoms with Gasteiger partial charge >= 0.3 is 11.9 Å². The van der Waals surface area contributed by atoms with E-state index in [4.69, 9.17) is 14.2 Å². The third-order valence-electron chi connectivity index (χ3n) is 8.06. The third-order valence-corrected chi connectivity index (χ3v) is 8.06.